The molecule has 0 atom stereocenters. The average Bonchev–Trinajstić information content (AvgIpc) is 1.27. The normalized spacial score (nSPS) is 8.75. The van der Waals surface area contributed by atoms with Crippen LogP contribution < -0.4 is 0 Å². The first-order valence-electron chi connectivity index (χ1n) is 1.08. The zero-order chi connectivity index (χ0) is 7.21. The van der Waals surface area contributed by atoms with Crippen molar-refractivity contribution < 1.29 is 21.3 Å². The quantitative estimate of drug-likeness (QED) is 0.241. The molecule has 0 rings (SSSR count). The van der Waals surface area contributed by atoms with Crippen molar-refractivity contribution in [2.75, 3.05) is 0 Å². The van der Waals surface area contributed by atoms with E-state index in [1.165, 1.54) is 5.34 Å². The molecule has 8 heteroatoms. The Morgan fingerprint density at radius 1 is 1.25 bits per heavy atom. The van der Waals surface area contributed by atoms with Crippen LogP contribution in [0, 0.1) is 4.91 Å². The second kappa shape index (κ2) is 4.59. The van der Waals surface area contributed by atoms with E-state index in [1.807, 2.05) is 0 Å². The molecular formula is H3NO6Se. The maximum atomic E-state index is 8.82. The van der Waals surface area contributed by atoms with Gasteiger partial charge in [0.2, 0.25) is 0 Å². The van der Waals surface area contributed by atoms with Crippen molar-refractivity contribution >= 4 is 13.4 Å². The van der Waals surface area contributed by atoms with Gasteiger partial charge in [-0.1, -0.05) is 0 Å². The summed E-state index contributed by atoms with van der Waals surface area (Å²) in [5.41, 5.74) is 0. The van der Waals surface area contributed by atoms with Gasteiger partial charge in [0.25, 0.3) is 0 Å². The average molecular weight is 192 g/mol. The summed E-state index contributed by atoms with van der Waals surface area (Å²) >= 11 is -5.25. The Kier molecular flexibility index (Phi) is 5.99. The van der Waals surface area contributed by atoms with E-state index < -0.39 is 13.4 Å². The van der Waals surface area contributed by atoms with Crippen molar-refractivity contribution in [1.82, 2.24) is 0 Å². The Labute approximate surface area is 45.8 Å². The van der Waals surface area contributed by atoms with E-state index in [2.05, 4.69) is 0 Å². The molecule has 50 valence electrons. The molecule has 0 unspecified atom stereocenters. The zero-order valence-electron chi connectivity index (χ0n) is 3.42. The molecule has 8 heavy (non-hydrogen) atoms. The number of nitrogens with zero attached hydrogens (tertiary/aromatic N) is 1. The van der Waals surface area contributed by atoms with Gasteiger partial charge >= 0.3 is 29.4 Å². The molecule has 0 aromatic rings. The second-order valence-electron chi connectivity index (χ2n) is 0.529. The van der Waals surface area contributed by atoms with Crippen LogP contribution >= 0.6 is 0 Å². The predicted octanol–water partition coefficient (Wildman–Crippen LogP) is -1.59. The van der Waals surface area contributed by atoms with Crippen molar-refractivity contribution in [3.8, 4) is 0 Å². The van der Waals surface area contributed by atoms with Crippen LogP contribution in [0.3, 0.4) is 0 Å². The van der Waals surface area contributed by atoms with Crippen LogP contribution in [0.2, 0.25) is 0 Å². The van der Waals surface area contributed by atoms with Crippen LogP contribution in [0.5, 0.6) is 0 Å². The predicted molar refractivity (Wildman–Crippen MR) is 19.1 cm³/mol. The standard InChI is InChI=1S/HNO2.H2O4Se/c2-1-3;1-5(2,3)4/h(H,2,3);(H2,1,2,3,4). The Bertz CT molecular complexity index is 123. The van der Waals surface area contributed by atoms with Crippen LogP contribution in [0.4, 0.5) is 0 Å². The molecule has 0 bridgehead atoms. The van der Waals surface area contributed by atoms with Gasteiger partial charge in [-0.2, -0.15) is 0 Å². The van der Waals surface area contributed by atoms with Gasteiger partial charge in [0.15, 0.2) is 5.34 Å². The number of hydrogen-bond donors (Lipinski definition) is 3. The summed E-state index contributed by atoms with van der Waals surface area (Å²) in [5.74, 6) is 0. The van der Waals surface area contributed by atoms with E-state index in [0.717, 1.165) is 0 Å². The number of rotatable bonds is 0. The first kappa shape index (κ1) is 10.4. The van der Waals surface area contributed by atoms with E-state index in [4.69, 9.17) is 26.2 Å². The van der Waals surface area contributed by atoms with Crippen LogP contribution in [-0.2, 0) is 7.67 Å². The van der Waals surface area contributed by atoms with Crippen LogP contribution in [-0.4, -0.2) is 27.0 Å². The fraction of sp³-hybridized carbons (Fsp3) is 0. The molecule has 0 aromatic carbocycles. The minimum absolute atomic E-state index is 1.25. The first-order chi connectivity index (χ1) is 3.41. The monoisotopic (exact) mass is 193 g/mol. The summed E-state index contributed by atoms with van der Waals surface area (Å²) in [7, 11) is 0. The Morgan fingerprint density at radius 3 is 1.25 bits per heavy atom. The van der Waals surface area contributed by atoms with Crippen molar-refractivity contribution in [3.63, 3.8) is 0 Å². The molecule has 0 heterocycles. The summed E-state index contributed by atoms with van der Waals surface area (Å²) in [6.07, 6.45) is 0. The fourth-order valence-electron chi connectivity index (χ4n) is 0. The molecule has 7 nitrogen and oxygen atoms in total. The molecule has 0 aromatic heterocycles. The van der Waals surface area contributed by atoms with E-state index >= 15 is 0 Å². The molecule has 0 aliphatic heterocycles. The van der Waals surface area contributed by atoms with Crippen LogP contribution in [0.25, 0.3) is 0 Å². The summed E-state index contributed by atoms with van der Waals surface area (Å²) in [6, 6.07) is 0. The molecule has 0 saturated heterocycles. The Balaban J connectivity index is 0. The summed E-state index contributed by atoms with van der Waals surface area (Å²) in [5, 5.41) is 7.89. The summed E-state index contributed by atoms with van der Waals surface area (Å²) in [4.78, 5) is 8.11. The molecule has 0 fully saturated rings. The fourth-order valence-corrected chi connectivity index (χ4v) is 0. The van der Waals surface area contributed by atoms with Crippen LogP contribution in [0.15, 0.2) is 5.34 Å². The molecule has 0 aliphatic carbocycles. The third-order valence-corrected chi connectivity index (χ3v) is 0. The first-order valence-corrected chi connectivity index (χ1v) is 4.01. The van der Waals surface area contributed by atoms with Crippen molar-refractivity contribution in [2.45, 2.75) is 0 Å². The van der Waals surface area contributed by atoms with Gasteiger partial charge in [-0.15, -0.1) is 4.91 Å². The number of hydrogen-bond acceptors (Lipinski definition) is 4. The topological polar surface area (TPSA) is 124 Å². The van der Waals surface area contributed by atoms with E-state index in [0.29, 0.717) is 0 Å². The van der Waals surface area contributed by atoms with Gasteiger partial charge in [0.1, 0.15) is 0 Å². The summed E-state index contributed by atoms with van der Waals surface area (Å²) < 4.78 is 31.9. The van der Waals surface area contributed by atoms with E-state index in [-0.39, 0.29) is 0 Å². The molecule has 0 aliphatic rings. The Hall–Kier alpha value is -0.561. The molecule has 0 saturated carbocycles. The van der Waals surface area contributed by atoms with Crippen molar-refractivity contribution in [3.05, 3.63) is 4.91 Å². The van der Waals surface area contributed by atoms with Crippen LogP contribution in [0.1, 0.15) is 0 Å². The molecule has 0 amide bonds. The van der Waals surface area contributed by atoms with Gasteiger partial charge in [0, 0.05) is 0 Å². The van der Waals surface area contributed by atoms with E-state index in [1.54, 1.807) is 0 Å². The zero-order valence-corrected chi connectivity index (χ0v) is 5.13. The van der Waals surface area contributed by atoms with Gasteiger partial charge in [-0.3, -0.25) is 0 Å². The second-order valence-corrected chi connectivity index (χ2v) is 2.41. The van der Waals surface area contributed by atoms with Crippen molar-refractivity contribution in [2.24, 2.45) is 5.34 Å². The third-order valence-electron chi connectivity index (χ3n) is 0. The van der Waals surface area contributed by atoms with Gasteiger partial charge in [-0.25, -0.2) is 0 Å². The minimum atomic E-state index is -5.25. The van der Waals surface area contributed by atoms with Gasteiger partial charge in [-0.05, 0) is 0 Å². The van der Waals surface area contributed by atoms with Gasteiger partial charge < -0.3 is 5.21 Å². The molecule has 0 spiro atoms. The van der Waals surface area contributed by atoms with Gasteiger partial charge in [0.05, 0.1) is 0 Å². The van der Waals surface area contributed by atoms with Crippen molar-refractivity contribution in [1.29, 1.82) is 0 Å². The third kappa shape index (κ3) is 341. The maximum absolute atomic E-state index is 8.82. The molecule has 3 N–H and O–H groups in total. The molecular weight excluding hydrogens is 189 g/mol. The Morgan fingerprint density at radius 2 is 1.25 bits per heavy atom. The summed E-state index contributed by atoms with van der Waals surface area (Å²) in [6.45, 7) is 0. The molecule has 0 radical (unpaired) electrons. The SMILES string of the molecule is O=NO.O=[Se](=O)(O)O. The van der Waals surface area contributed by atoms with E-state index in [9.17, 15) is 0 Å².